The lowest BCUT2D eigenvalue weighted by atomic mass is 10.3. The lowest BCUT2D eigenvalue weighted by Gasteiger charge is -2.16. The Balaban J connectivity index is 1.64. The van der Waals surface area contributed by atoms with Crippen LogP contribution >= 0.6 is 0 Å². The van der Waals surface area contributed by atoms with Gasteiger partial charge in [0.15, 0.2) is 17.2 Å². The second-order valence-electron chi connectivity index (χ2n) is 5.77. The van der Waals surface area contributed by atoms with E-state index in [1.54, 1.807) is 36.1 Å². The molecule has 1 saturated heterocycles. The topological polar surface area (TPSA) is 80.4 Å². The Labute approximate surface area is 136 Å². The minimum absolute atomic E-state index is 0.300. The number of anilines is 2. The summed E-state index contributed by atoms with van der Waals surface area (Å²) in [4.78, 5) is 18.5. The zero-order valence-corrected chi connectivity index (χ0v) is 13.1. The number of nitrogens with one attached hydrogen (secondary N) is 1. The summed E-state index contributed by atoms with van der Waals surface area (Å²) in [5, 5.41) is 11.3. The molecule has 1 atom stereocenters. The molecular formula is C15H16FN7O. The molecule has 1 aliphatic heterocycles. The Kier molecular flexibility index (Phi) is 3.40. The molecule has 1 amide bonds. The van der Waals surface area contributed by atoms with Crippen LogP contribution in [-0.4, -0.2) is 49.5 Å². The summed E-state index contributed by atoms with van der Waals surface area (Å²) in [5.74, 6) is 0.733. The molecule has 3 aromatic rings. The quantitative estimate of drug-likeness (QED) is 0.782. The average Bonchev–Trinajstić information content (AvgIpc) is 3.26. The molecule has 0 aliphatic carbocycles. The fourth-order valence-electron chi connectivity index (χ4n) is 2.77. The van der Waals surface area contributed by atoms with Crippen LogP contribution in [-0.2, 0) is 7.05 Å². The largest absolute Gasteiger partial charge is 0.352 e. The average molecular weight is 329 g/mol. The number of aromatic nitrogens is 5. The van der Waals surface area contributed by atoms with E-state index in [-0.39, 0.29) is 5.91 Å². The van der Waals surface area contributed by atoms with Crippen molar-refractivity contribution in [2.45, 2.75) is 12.6 Å². The van der Waals surface area contributed by atoms with E-state index >= 15 is 0 Å². The number of halogens is 1. The van der Waals surface area contributed by atoms with Gasteiger partial charge in [0, 0.05) is 25.9 Å². The molecule has 1 N–H and O–H groups in total. The summed E-state index contributed by atoms with van der Waals surface area (Å²) in [7, 11) is 1.77. The summed E-state index contributed by atoms with van der Waals surface area (Å²) in [6, 6.07) is 5.26. The van der Waals surface area contributed by atoms with Crippen molar-refractivity contribution in [2.75, 3.05) is 23.3 Å². The third-order valence-electron chi connectivity index (χ3n) is 3.99. The molecule has 1 unspecified atom stereocenters. The number of fused-ring (bicyclic) bond motifs is 1. The van der Waals surface area contributed by atoms with E-state index in [9.17, 15) is 9.18 Å². The highest BCUT2D eigenvalue weighted by Crippen LogP contribution is 2.20. The van der Waals surface area contributed by atoms with E-state index in [1.807, 2.05) is 4.90 Å². The Hall–Kier alpha value is -2.97. The van der Waals surface area contributed by atoms with E-state index in [1.165, 1.54) is 10.7 Å². The molecule has 0 radical (unpaired) electrons. The summed E-state index contributed by atoms with van der Waals surface area (Å²) < 4.78 is 16.5. The van der Waals surface area contributed by atoms with Gasteiger partial charge in [-0.05, 0) is 18.6 Å². The highest BCUT2D eigenvalue weighted by atomic mass is 19.1. The smallest absolute Gasteiger partial charge is 0.277 e. The van der Waals surface area contributed by atoms with E-state index in [0.29, 0.717) is 42.5 Å². The van der Waals surface area contributed by atoms with Crippen LogP contribution in [0.1, 0.15) is 16.9 Å². The van der Waals surface area contributed by atoms with Gasteiger partial charge in [-0.25, -0.2) is 13.9 Å². The number of nitrogens with zero attached hydrogens (tertiary/aromatic N) is 6. The van der Waals surface area contributed by atoms with Gasteiger partial charge in [0.1, 0.15) is 12.0 Å². The number of alkyl halides is 1. The number of amides is 1. The standard InChI is InChI=1S/C15H16FN7O/c1-21-6-5-12(19-21)18-15(24)11-8-17-13-2-3-14(20-23(11)13)22-7-4-10(16)9-22/h2-3,5-6,8,10H,4,7,9H2,1H3,(H,18,19,24). The molecule has 0 spiro atoms. The number of hydrogen-bond donors (Lipinski definition) is 1. The van der Waals surface area contributed by atoms with Gasteiger partial charge in [0.25, 0.3) is 5.91 Å². The first kappa shape index (κ1) is 14.6. The molecule has 3 aromatic heterocycles. The number of carbonyl (C=O) groups excluding carboxylic acids is 1. The third kappa shape index (κ3) is 2.57. The van der Waals surface area contributed by atoms with Crippen LogP contribution in [0.5, 0.6) is 0 Å². The molecule has 0 aromatic carbocycles. The van der Waals surface area contributed by atoms with Gasteiger partial charge in [-0.1, -0.05) is 0 Å². The summed E-state index contributed by atoms with van der Waals surface area (Å²) in [6.45, 7) is 0.937. The first-order chi connectivity index (χ1) is 11.6. The van der Waals surface area contributed by atoms with Crippen molar-refractivity contribution in [1.29, 1.82) is 0 Å². The molecule has 0 bridgehead atoms. The van der Waals surface area contributed by atoms with E-state index < -0.39 is 6.17 Å². The van der Waals surface area contributed by atoms with Crippen molar-refractivity contribution < 1.29 is 9.18 Å². The Morgan fingerprint density at radius 1 is 1.33 bits per heavy atom. The summed E-state index contributed by atoms with van der Waals surface area (Å²) in [6.07, 6.45) is 2.86. The van der Waals surface area contributed by atoms with Crippen LogP contribution < -0.4 is 10.2 Å². The maximum absolute atomic E-state index is 13.4. The SMILES string of the molecule is Cn1ccc(NC(=O)c2cnc3ccc(N4CCC(F)C4)nn23)n1. The van der Waals surface area contributed by atoms with Crippen molar-refractivity contribution in [3.05, 3.63) is 36.3 Å². The van der Waals surface area contributed by atoms with E-state index in [4.69, 9.17) is 0 Å². The van der Waals surface area contributed by atoms with Crippen LogP contribution in [0.25, 0.3) is 5.65 Å². The molecule has 24 heavy (non-hydrogen) atoms. The summed E-state index contributed by atoms with van der Waals surface area (Å²) >= 11 is 0. The van der Waals surface area contributed by atoms with Gasteiger partial charge in [0.2, 0.25) is 0 Å². The molecule has 1 aliphatic rings. The van der Waals surface area contributed by atoms with Gasteiger partial charge in [-0.3, -0.25) is 9.48 Å². The number of imidazole rings is 1. The number of hydrogen-bond acceptors (Lipinski definition) is 5. The van der Waals surface area contributed by atoms with Crippen LogP contribution in [0.15, 0.2) is 30.6 Å². The van der Waals surface area contributed by atoms with Gasteiger partial charge in [0.05, 0.1) is 12.7 Å². The van der Waals surface area contributed by atoms with Gasteiger partial charge < -0.3 is 10.2 Å². The molecule has 4 rings (SSSR count). The minimum atomic E-state index is -0.836. The highest BCUT2D eigenvalue weighted by molar-refractivity contribution is 6.02. The lowest BCUT2D eigenvalue weighted by molar-refractivity contribution is 0.102. The van der Waals surface area contributed by atoms with Gasteiger partial charge in [-0.15, -0.1) is 5.10 Å². The van der Waals surface area contributed by atoms with Gasteiger partial charge >= 0.3 is 0 Å². The lowest BCUT2D eigenvalue weighted by Crippen LogP contribution is -2.23. The van der Waals surface area contributed by atoms with Crippen LogP contribution in [0.3, 0.4) is 0 Å². The molecule has 8 nitrogen and oxygen atoms in total. The molecule has 0 saturated carbocycles. The van der Waals surface area contributed by atoms with Crippen molar-refractivity contribution in [3.8, 4) is 0 Å². The van der Waals surface area contributed by atoms with Crippen LogP contribution in [0.4, 0.5) is 16.0 Å². The monoisotopic (exact) mass is 329 g/mol. The zero-order chi connectivity index (χ0) is 16.7. The van der Waals surface area contributed by atoms with Crippen molar-refractivity contribution >= 4 is 23.2 Å². The molecular weight excluding hydrogens is 313 g/mol. The van der Waals surface area contributed by atoms with E-state index in [2.05, 4.69) is 20.5 Å². The minimum Gasteiger partial charge on any atom is -0.352 e. The highest BCUT2D eigenvalue weighted by Gasteiger charge is 2.24. The predicted octanol–water partition coefficient (Wildman–Crippen LogP) is 1.26. The zero-order valence-electron chi connectivity index (χ0n) is 13.1. The normalized spacial score (nSPS) is 17.6. The van der Waals surface area contributed by atoms with Crippen molar-refractivity contribution in [3.63, 3.8) is 0 Å². The number of aryl methyl sites for hydroxylation is 1. The fraction of sp³-hybridized carbons (Fsp3) is 0.333. The number of rotatable bonds is 3. The van der Waals surface area contributed by atoms with Crippen LogP contribution in [0, 0.1) is 0 Å². The predicted molar refractivity (Wildman–Crippen MR) is 85.9 cm³/mol. The van der Waals surface area contributed by atoms with Crippen molar-refractivity contribution in [2.24, 2.45) is 7.05 Å². The van der Waals surface area contributed by atoms with Crippen LogP contribution in [0.2, 0.25) is 0 Å². The fourth-order valence-corrected chi connectivity index (χ4v) is 2.77. The second kappa shape index (κ2) is 5.59. The number of carbonyl (C=O) groups is 1. The second-order valence-corrected chi connectivity index (χ2v) is 5.77. The Bertz CT molecular complexity index is 902. The van der Waals surface area contributed by atoms with E-state index in [0.717, 1.165) is 0 Å². The molecule has 4 heterocycles. The molecule has 1 fully saturated rings. The van der Waals surface area contributed by atoms with Gasteiger partial charge in [-0.2, -0.15) is 5.10 Å². The first-order valence-corrected chi connectivity index (χ1v) is 7.65. The third-order valence-corrected chi connectivity index (χ3v) is 3.99. The maximum atomic E-state index is 13.4. The maximum Gasteiger partial charge on any atom is 0.277 e. The Morgan fingerprint density at radius 3 is 2.92 bits per heavy atom. The molecule has 9 heteroatoms. The first-order valence-electron chi connectivity index (χ1n) is 7.65. The summed E-state index contributed by atoms with van der Waals surface area (Å²) in [5.41, 5.74) is 0.856. The Morgan fingerprint density at radius 2 is 2.21 bits per heavy atom. The van der Waals surface area contributed by atoms with Crippen molar-refractivity contribution in [1.82, 2.24) is 24.4 Å². The molecule has 124 valence electrons.